The van der Waals surface area contributed by atoms with Gasteiger partial charge in [0, 0.05) is 13.2 Å². The molecule has 4 heteroatoms. The van der Waals surface area contributed by atoms with E-state index >= 15 is 0 Å². The smallest absolute Gasteiger partial charge is 0.261 e. The van der Waals surface area contributed by atoms with Crippen molar-refractivity contribution >= 4 is 17.2 Å². The largest absolute Gasteiger partial charge is 0.396 e. The maximum Gasteiger partial charge on any atom is 0.261 e. The van der Waals surface area contributed by atoms with Crippen LogP contribution in [0.4, 0.5) is 0 Å². The summed E-state index contributed by atoms with van der Waals surface area (Å²) in [6.07, 6.45) is 3.05. The van der Waals surface area contributed by atoms with Crippen LogP contribution in [-0.2, 0) is 0 Å². The maximum atomic E-state index is 11.6. The van der Waals surface area contributed by atoms with Gasteiger partial charge >= 0.3 is 0 Å². The van der Waals surface area contributed by atoms with Gasteiger partial charge in [0.15, 0.2) is 0 Å². The lowest BCUT2D eigenvalue weighted by Crippen LogP contribution is -2.30. The highest BCUT2D eigenvalue weighted by Crippen LogP contribution is 2.47. The van der Waals surface area contributed by atoms with E-state index in [1.165, 1.54) is 11.3 Å². The van der Waals surface area contributed by atoms with Gasteiger partial charge in [-0.05, 0) is 36.1 Å². The molecule has 82 valence electrons. The number of hydrogen-bond donors (Lipinski definition) is 2. The molecule has 0 aliphatic heterocycles. The standard InChI is InChI=1S/C11H15NO2S/c13-6-5-11(3-4-11)8-12-10(14)9-2-1-7-15-9/h1-2,7,13H,3-6,8H2,(H,12,14). The van der Waals surface area contributed by atoms with Crippen LogP contribution in [-0.4, -0.2) is 24.2 Å². The zero-order valence-electron chi connectivity index (χ0n) is 8.53. The molecule has 15 heavy (non-hydrogen) atoms. The van der Waals surface area contributed by atoms with Crippen molar-refractivity contribution < 1.29 is 9.90 Å². The molecule has 1 aliphatic rings. The lowest BCUT2D eigenvalue weighted by molar-refractivity contribution is 0.0945. The van der Waals surface area contributed by atoms with Crippen LogP contribution in [0.15, 0.2) is 17.5 Å². The van der Waals surface area contributed by atoms with Crippen molar-refractivity contribution in [2.24, 2.45) is 5.41 Å². The van der Waals surface area contributed by atoms with E-state index in [9.17, 15) is 4.79 Å². The SMILES string of the molecule is O=C(NCC1(CCO)CC1)c1cccs1. The molecule has 0 unspecified atom stereocenters. The number of hydrogen-bond acceptors (Lipinski definition) is 3. The molecule has 0 saturated heterocycles. The number of aliphatic hydroxyl groups is 1. The highest BCUT2D eigenvalue weighted by atomic mass is 32.1. The Kier molecular flexibility index (Phi) is 3.07. The third-order valence-electron chi connectivity index (χ3n) is 2.97. The van der Waals surface area contributed by atoms with E-state index < -0.39 is 0 Å². The van der Waals surface area contributed by atoms with Gasteiger partial charge in [-0.3, -0.25) is 4.79 Å². The van der Waals surface area contributed by atoms with E-state index in [4.69, 9.17) is 5.11 Å². The lowest BCUT2D eigenvalue weighted by Gasteiger charge is -2.13. The predicted molar refractivity (Wildman–Crippen MR) is 60.0 cm³/mol. The molecule has 1 saturated carbocycles. The second-order valence-corrected chi connectivity index (χ2v) is 5.08. The first-order valence-electron chi connectivity index (χ1n) is 5.18. The fourth-order valence-corrected chi connectivity index (χ4v) is 2.33. The van der Waals surface area contributed by atoms with Crippen LogP contribution in [0.3, 0.4) is 0 Å². The average Bonchev–Trinajstić information content (AvgIpc) is 2.81. The second kappa shape index (κ2) is 4.33. The van der Waals surface area contributed by atoms with E-state index in [0.717, 1.165) is 24.1 Å². The van der Waals surface area contributed by atoms with Gasteiger partial charge in [0.1, 0.15) is 0 Å². The van der Waals surface area contributed by atoms with Crippen molar-refractivity contribution in [2.45, 2.75) is 19.3 Å². The van der Waals surface area contributed by atoms with Gasteiger partial charge < -0.3 is 10.4 Å². The molecular formula is C11H15NO2S. The number of carbonyl (C=O) groups excluding carboxylic acids is 1. The minimum absolute atomic E-state index is 0.00853. The second-order valence-electron chi connectivity index (χ2n) is 4.13. The summed E-state index contributed by atoms with van der Waals surface area (Å²) in [4.78, 5) is 12.4. The van der Waals surface area contributed by atoms with Crippen LogP contribution < -0.4 is 5.32 Å². The van der Waals surface area contributed by atoms with Gasteiger partial charge in [0.2, 0.25) is 0 Å². The van der Waals surface area contributed by atoms with Crippen LogP contribution in [0.5, 0.6) is 0 Å². The van der Waals surface area contributed by atoms with E-state index in [2.05, 4.69) is 5.32 Å². The van der Waals surface area contributed by atoms with Gasteiger partial charge in [-0.2, -0.15) is 0 Å². The molecule has 1 amide bonds. The Morgan fingerprint density at radius 2 is 2.40 bits per heavy atom. The first kappa shape index (κ1) is 10.6. The molecule has 2 rings (SSSR count). The quantitative estimate of drug-likeness (QED) is 0.800. The Balaban J connectivity index is 1.81. The number of aliphatic hydroxyl groups excluding tert-OH is 1. The summed E-state index contributed by atoms with van der Waals surface area (Å²) < 4.78 is 0. The average molecular weight is 225 g/mol. The number of carbonyl (C=O) groups is 1. The molecule has 0 atom stereocenters. The highest BCUT2D eigenvalue weighted by molar-refractivity contribution is 7.12. The van der Waals surface area contributed by atoms with Crippen molar-refractivity contribution in [3.63, 3.8) is 0 Å². The predicted octanol–water partition coefficient (Wildman–Crippen LogP) is 1.64. The fraction of sp³-hybridized carbons (Fsp3) is 0.545. The minimum atomic E-state index is 0.00853. The Morgan fingerprint density at radius 1 is 1.60 bits per heavy atom. The molecule has 1 fully saturated rings. The van der Waals surface area contributed by atoms with Crippen LogP contribution in [0.2, 0.25) is 0 Å². The summed E-state index contributed by atoms with van der Waals surface area (Å²) >= 11 is 1.45. The van der Waals surface area contributed by atoms with Crippen molar-refractivity contribution in [1.29, 1.82) is 0 Å². The molecule has 0 radical (unpaired) electrons. The Bertz CT molecular complexity index is 330. The number of nitrogens with one attached hydrogen (secondary N) is 1. The fourth-order valence-electron chi connectivity index (χ4n) is 1.69. The van der Waals surface area contributed by atoms with Crippen molar-refractivity contribution in [3.8, 4) is 0 Å². The summed E-state index contributed by atoms with van der Waals surface area (Å²) in [5.41, 5.74) is 0.196. The number of amides is 1. The van der Waals surface area contributed by atoms with Gasteiger partial charge in [-0.1, -0.05) is 6.07 Å². The Morgan fingerprint density at radius 3 is 2.93 bits per heavy atom. The topological polar surface area (TPSA) is 49.3 Å². The molecular weight excluding hydrogens is 210 g/mol. The normalized spacial score (nSPS) is 17.4. The molecule has 1 aliphatic carbocycles. The van der Waals surface area contributed by atoms with Crippen molar-refractivity contribution in [2.75, 3.05) is 13.2 Å². The first-order chi connectivity index (χ1) is 7.26. The zero-order chi connectivity index (χ0) is 10.7. The van der Waals surface area contributed by atoms with E-state index in [1.807, 2.05) is 17.5 Å². The maximum absolute atomic E-state index is 11.6. The molecule has 0 bridgehead atoms. The summed E-state index contributed by atoms with van der Waals surface area (Å²) in [6.45, 7) is 0.916. The van der Waals surface area contributed by atoms with E-state index in [1.54, 1.807) is 0 Å². The number of rotatable bonds is 5. The summed E-state index contributed by atoms with van der Waals surface area (Å²) in [6, 6.07) is 3.70. The summed E-state index contributed by atoms with van der Waals surface area (Å²) in [5.74, 6) is 0.00853. The van der Waals surface area contributed by atoms with Gasteiger partial charge in [0.25, 0.3) is 5.91 Å². The van der Waals surface area contributed by atoms with Gasteiger partial charge in [-0.15, -0.1) is 11.3 Å². The van der Waals surface area contributed by atoms with E-state index in [-0.39, 0.29) is 17.9 Å². The Hall–Kier alpha value is -0.870. The van der Waals surface area contributed by atoms with E-state index in [0.29, 0.717) is 6.54 Å². The van der Waals surface area contributed by atoms with Crippen LogP contribution >= 0.6 is 11.3 Å². The minimum Gasteiger partial charge on any atom is -0.396 e. The van der Waals surface area contributed by atoms with Gasteiger partial charge in [-0.25, -0.2) is 0 Å². The molecule has 0 aromatic carbocycles. The monoisotopic (exact) mass is 225 g/mol. The molecule has 1 aromatic rings. The number of thiophene rings is 1. The molecule has 3 nitrogen and oxygen atoms in total. The molecule has 1 heterocycles. The third kappa shape index (κ3) is 2.58. The zero-order valence-corrected chi connectivity index (χ0v) is 9.35. The van der Waals surface area contributed by atoms with Crippen LogP contribution in [0, 0.1) is 5.41 Å². The summed E-state index contributed by atoms with van der Waals surface area (Å²) in [7, 11) is 0. The van der Waals surface area contributed by atoms with Crippen LogP contribution in [0.25, 0.3) is 0 Å². The third-order valence-corrected chi connectivity index (χ3v) is 3.84. The highest BCUT2D eigenvalue weighted by Gasteiger charge is 2.41. The van der Waals surface area contributed by atoms with Crippen molar-refractivity contribution in [1.82, 2.24) is 5.32 Å². The molecule has 0 spiro atoms. The van der Waals surface area contributed by atoms with Gasteiger partial charge in [0.05, 0.1) is 4.88 Å². The molecule has 2 N–H and O–H groups in total. The van der Waals surface area contributed by atoms with Crippen molar-refractivity contribution in [3.05, 3.63) is 22.4 Å². The van der Waals surface area contributed by atoms with Crippen LogP contribution in [0.1, 0.15) is 28.9 Å². The Labute approximate surface area is 93.1 Å². The first-order valence-corrected chi connectivity index (χ1v) is 6.06. The lowest BCUT2D eigenvalue weighted by atomic mass is 10.0. The molecule has 1 aromatic heterocycles. The summed E-state index contributed by atoms with van der Waals surface area (Å²) in [5, 5.41) is 13.7.